The van der Waals surface area contributed by atoms with Crippen LogP contribution in [0.25, 0.3) is 0 Å². The maximum Gasteiger partial charge on any atom is 0.422 e. The van der Waals surface area contributed by atoms with E-state index in [-0.39, 0.29) is 5.92 Å². The Kier molecular flexibility index (Phi) is 6.19. The average Bonchev–Trinajstić information content (AvgIpc) is 2.50. The highest BCUT2D eigenvalue weighted by atomic mass is 19.4. The lowest BCUT2D eigenvalue weighted by Gasteiger charge is -2.27. The van der Waals surface area contributed by atoms with Crippen LogP contribution in [0.5, 0.6) is 0 Å². The summed E-state index contributed by atoms with van der Waals surface area (Å²) in [4.78, 5) is 0. The minimum Gasteiger partial charge on any atom is -0.206 e. The standard InChI is InChI=1S/C19H21F5/c1-2-3-4-5-6-13-7-9-14(10-8-13)15-11-16(20)18(17(21)12-15)19(22,23)24/h3-6,11-14H,2,7-10H2,1H3/b4-3+,6-5+. The summed E-state index contributed by atoms with van der Waals surface area (Å²) >= 11 is 0. The summed E-state index contributed by atoms with van der Waals surface area (Å²) < 4.78 is 65.2. The van der Waals surface area contributed by atoms with E-state index in [0.29, 0.717) is 11.5 Å². The van der Waals surface area contributed by atoms with Crippen LogP contribution in [0.4, 0.5) is 22.0 Å². The van der Waals surface area contributed by atoms with E-state index < -0.39 is 23.4 Å². The zero-order valence-corrected chi connectivity index (χ0v) is 13.5. The van der Waals surface area contributed by atoms with Crippen molar-refractivity contribution in [3.63, 3.8) is 0 Å². The number of halogens is 5. The van der Waals surface area contributed by atoms with Crippen molar-refractivity contribution >= 4 is 0 Å². The third kappa shape index (κ3) is 4.68. The molecular weight excluding hydrogens is 323 g/mol. The molecule has 1 saturated carbocycles. The first-order valence-electron chi connectivity index (χ1n) is 8.22. The Morgan fingerprint density at radius 2 is 1.58 bits per heavy atom. The molecule has 0 radical (unpaired) electrons. The average molecular weight is 344 g/mol. The lowest BCUT2D eigenvalue weighted by molar-refractivity contribution is -0.142. The second-order valence-corrected chi connectivity index (χ2v) is 6.19. The molecule has 0 bridgehead atoms. The fraction of sp³-hybridized carbons (Fsp3) is 0.474. The molecule has 1 fully saturated rings. The molecule has 1 aromatic rings. The molecule has 0 aliphatic heterocycles. The Labute approximate surface area is 139 Å². The van der Waals surface area contributed by atoms with E-state index in [1.54, 1.807) is 0 Å². The van der Waals surface area contributed by atoms with Gasteiger partial charge in [-0.15, -0.1) is 0 Å². The van der Waals surface area contributed by atoms with Gasteiger partial charge in [-0.3, -0.25) is 0 Å². The largest absolute Gasteiger partial charge is 0.422 e. The summed E-state index contributed by atoms with van der Waals surface area (Å²) in [7, 11) is 0. The van der Waals surface area contributed by atoms with Crippen LogP contribution in [-0.2, 0) is 6.18 Å². The smallest absolute Gasteiger partial charge is 0.206 e. The van der Waals surface area contributed by atoms with Gasteiger partial charge in [0.25, 0.3) is 0 Å². The van der Waals surface area contributed by atoms with Gasteiger partial charge in [0.2, 0.25) is 0 Å². The molecule has 2 rings (SSSR count). The van der Waals surface area contributed by atoms with Crippen molar-refractivity contribution in [1.29, 1.82) is 0 Å². The molecular formula is C19H21F5. The van der Waals surface area contributed by atoms with Gasteiger partial charge in [-0.05, 0) is 61.6 Å². The van der Waals surface area contributed by atoms with Crippen molar-refractivity contribution in [1.82, 2.24) is 0 Å². The van der Waals surface area contributed by atoms with Gasteiger partial charge in [0.05, 0.1) is 0 Å². The molecule has 0 N–H and O–H groups in total. The number of alkyl halides is 3. The number of benzene rings is 1. The minimum absolute atomic E-state index is 0.0906. The zero-order chi connectivity index (χ0) is 17.7. The highest BCUT2D eigenvalue weighted by molar-refractivity contribution is 5.31. The van der Waals surface area contributed by atoms with Crippen LogP contribution in [0.15, 0.2) is 36.4 Å². The van der Waals surface area contributed by atoms with Crippen molar-refractivity contribution in [3.05, 3.63) is 59.2 Å². The van der Waals surface area contributed by atoms with Gasteiger partial charge >= 0.3 is 6.18 Å². The molecule has 0 heterocycles. The third-order valence-electron chi connectivity index (χ3n) is 4.46. The first kappa shape index (κ1) is 18.7. The summed E-state index contributed by atoms with van der Waals surface area (Å²) in [6.07, 6.45) is 7.30. The van der Waals surface area contributed by atoms with Crippen molar-refractivity contribution in [2.45, 2.75) is 51.1 Å². The predicted molar refractivity (Wildman–Crippen MR) is 84.6 cm³/mol. The number of rotatable bonds is 4. The molecule has 0 nitrogen and oxygen atoms in total. The lowest BCUT2D eigenvalue weighted by atomic mass is 9.78. The lowest BCUT2D eigenvalue weighted by Crippen LogP contribution is -2.15. The SMILES string of the molecule is CC/C=C/C=C/C1CCC(c2cc(F)c(C(F)(F)F)c(F)c2)CC1. The van der Waals surface area contributed by atoms with E-state index >= 15 is 0 Å². The molecule has 5 heteroatoms. The summed E-state index contributed by atoms with van der Waals surface area (Å²) in [5, 5.41) is 0. The van der Waals surface area contributed by atoms with Gasteiger partial charge < -0.3 is 0 Å². The molecule has 1 aliphatic carbocycles. The Morgan fingerprint density at radius 3 is 2.08 bits per heavy atom. The van der Waals surface area contributed by atoms with Crippen LogP contribution in [0.2, 0.25) is 0 Å². The predicted octanol–water partition coefficient (Wildman–Crippen LogP) is 6.78. The van der Waals surface area contributed by atoms with Crippen LogP contribution in [0.3, 0.4) is 0 Å². The van der Waals surface area contributed by atoms with Crippen LogP contribution in [-0.4, -0.2) is 0 Å². The maximum absolute atomic E-state index is 13.7. The Bertz CT molecular complexity index is 582. The quantitative estimate of drug-likeness (QED) is 0.417. The van der Waals surface area contributed by atoms with E-state index in [0.717, 1.165) is 44.2 Å². The molecule has 1 aromatic carbocycles. The van der Waals surface area contributed by atoms with Gasteiger partial charge in [0.1, 0.15) is 17.2 Å². The Hall–Kier alpha value is -1.65. The van der Waals surface area contributed by atoms with Crippen LogP contribution < -0.4 is 0 Å². The highest BCUT2D eigenvalue weighted by Crippen LogP contribution is 2.39. The maximum atomic E-state index is 13.7. The number of hydrogen-bond donors (Lipinski definition) is 0. The summed E-state index contributed by atoms with van der Waals surface area (Å²) in [5.41, 5.74) is -1.48. The molecule has 0 unspecified atom stereocenters. The number of allylic oxidation sites excluding steroid dienone is 4. The van der Waals surface area contributed by atoms with Gasteiger partial charge in [-0.25, -0.2) is 8.78 Å². The van der Waals surface area contributed by atoms with Gasteiger partial charge in [-0.1, -0.05) is 31.2 Å². The van der Waals surface area contributed by atoms with E-state index in [1.165, 1.54) is 0 Å². The summed E-state index contributed by atoms with van der Waals surface area (Å²) in [6, 6.07) is 1.69. The Morgan fingerprint density at radius 1 is 1.00 bits per heavy atom. The van der Waals surface area contributed by atoms with Crippen molar-refractivity contribution in [3.8, 4) is 0 Å². The number of hydrogen-bond acceptors (Lipinski definition) is 0. The van der Waals surface area contributed by atoms with Crippen LogP contribution in [0, 0.1) is 17.6 Å². The summed E-state index contributed by atoms with van der Waals surface area (Å²) in [6.45, 7) is 2.05. The normalized spacial score (nSPS) is 22.6. The fourth-order valence-corrected chi connectivity index (χ4v) is 3.18. The summed E-state index contributed by atoms with van der Waals surface area (Å²) in [5.74, 6) is -2.73. The molecule has 0 atom stereocenters. The third-order valence-corrected chi connectivity index (χ3v) is 4.46. The van der Waals surface area contributed by atoms with Gasteiger partial charge in [0.15, 0.2) is 0 Å². The van der Waals surface area contributed by atoms with Gasteiger partial charge in [0, 0.05) is 0 Å². The minimum atomic E-state index is -5.01. The van der Waals surface area contributed by atoms with Crippen LogP contribution >= 0.6 is 0 Å². The highest BCUT2D eigenvalue weighted by Gasteiger charge is 2.38. The zero-order valence-electron chi connectivity index (χ0n) is 13.5. The Balaban J connectivity index is 2.05. The van der Waals surface area contributed by atoms with E-state index in [2.05, 4.69) is 19.1 Å². The topological polar surface area (TPSA) is 0 Å². The van der Waals surface area contributed by atoms with Gasteiger partial charge in [-0.2, -0.15) is 13.2 Å². The van der Waals surface area contributed by atoms with Crippen molar-refractivity contribution in [2.75, 3.05) is 0 Å². The van der Waals surface area contributed by atoms with E-state index in [9.17, 15) is 22.0 Å². The first-order valence-corrected chi connectivity index (χ1v) is 8.22. The van der Waals surface area contributed by atoms with Crippen molar-refractivity contribution in [2.24, 2.45) is 5.92 Å². The molecule has 1 aliphatic rings. The molecule has 24 heavy (non-hydrogen) atoms. The second-order valence-electron chi connectivity index (χ2n) is 6.19. The second kappa shape index (κ2) is 7.95. The molecule has 132 valence electrons. The molecule has 0 amide bonds. The fourth-order valence-electron chi connectivity index (χ4n) is 3.18. The molecule has 0 spiro atoms. The monoisotopic (exact) mass is 344 g/mol. The molecule has 0 saturated heterocycles. The first-order chi connectivity index (χ1) is 11.3. The van der Waals surface area contributed by atoms with Crippen LogP contribution in [0.1, 0.15) is 56.1 Å². The van der Waals surface area contributed by atoms with E-state index in [1.807, 2.05) is 12.2 Å². The molecule has 0 aromatic heterocycles. The van der Waals surface area contributed by atoms with E-state index in [4.69, 9.17) is 0 Å². The van der Waals surface area contributed by atoms with Crippen molar-refractivity contribution < 1.29 is 22.0 Å².